The number of carbonyl (C=O) groups excluding carboxylic acids is 1. The van der Waals surface area contributed by atoms with Crippen molar-refractivity contribution in [2.45, 2.75) is 109 Å². The Morgan fingerprint density at radius 2 is 1.68 bits per heavy atom. The molecule has 0 bridgehead atoms. The Kier molecular flexibility index (Phi) is 19.8. The van der Waals surface area contributed by atoms with Gasteiger partial charge >= 0.3 is 29.9 Å². The summed E-state index contributed by atoms with van der Waals surface area (Å²) in [7, 11) is -13.9. The number of fused-ring (bicyclic) bond motifs is 1. The first-order valence-electron chi connectivity index (χ1n) is 18.5. The molecular weight excluding hydrogens is 805 g/mol. The average Bonchev–Trinajstić information content (AvgIpc) is 3.64. The largest absolute Gasteiger partial charge is 0.710 e. The van der Waals surface area contributed by atoms with Gasteiger partial charge in [-0.15, -0.1) is 0 Å². The first-order chi connectivity index (χ1) is 26.4. The number of phosphoric acid groups is 2. The summed E-state index contributed by atoms with van der Waals surface area (Å²) in [5.41, 5.74) is 7.61. The van der Waals surface area contributed by atoms with Crippen LogP contribution < -0.4 is 28.1 Å². The van der Waals surface area contributed by atoms with Gasteiger partial charge in [0.1, 0.15) is 5.75 Å². The number of carbonyl (C=O) groups is 1. The molecule has 4 unspecified atom stereocenters. The van der Waals surface area contributed by atoms with E-state index in [1.165, 1.54) is 38.5 Å². The highest BCUT2D eigenvalue weighted by Crippen LogP contribution is 2.64. The van der Waals surface area contributed by atoms with Crippen LogP contribution in [0.5, 0.6) is 5.75 Å². The number of rotatable bonds is 26. The normalized spacial score (nSPS) is 18.6. The van der Waals surface area contributed by atoms with E-state index in [-0.39, 0.29) is 36.9 Å². The quantitative estimate of drug-likeness (QED) is 0.0110. The van der Waals surface area contributed by atoms with Crippen LogP contribution in [-0.2, 0) is 47.5 Å². The lowest BCUT2D eigenvalue weighted by atomic mass is 10.1. The molecular formula is C34H56N8O12P3+. The molecule has 2 heterocycles. The zero-order valence-corrected chi connectivity index (χ0v) is 34.9. The summed E-state index contributed by atoms with van der Waals surface area (Å²) in [6.07, 6.45) is 18.5. The van der Waals surface area contributed by atoms with Gasteiger partial charge in [0.25, 0.3) is 0 Å². The van der Waals surface area contributed by atoms with Gasteiger partial charge in [0.05, 0.1) is 19.5 Å². The van der Waals surface area contributed by atoms with Crippen molar-refractivity contribution in [1.29, 1.82) is 0 Å². The SMILES string of the molecule is CCCCCCCCCCCC(=O)Oc1ccc(COCO[P+](=O)OP(=O)(O)OP(=O)(O)OC[C@@H]2C=CCC2n2cnc3c(NC4CC4)nc(N)nc32)cc1.N.N. The van der Waals surface area contributed by atoms with Crippen LogP contribution in [0.25, 0.3) is 11.2 Å². The summed E-state index contributed by atoms with van der Waals surface area (Å²) in [5, 5.41) is 3.29. The Balaban J connectivity index is 0.00000435. The third-order valence-electron chi connectivity index (χ3n) is 8.93. The van der Waals surface area contributed by atoms with E-state index in [0.29, 0.717) is 47.2 Å². The topological polar surface area (TPSA) is 316 Å². The smallest absolute Gasteiger partial charge is 0.427 e. The van der Waals surface area contributed by atoms with Gasteiger partial charge in [0.15, 0.2) is 17.0 Å². The van der Waals surface area contributed by atoms with Crippen molar-refractivity contribution in [2.24, 2.45) is 5.92 Å². The molecule has 5 rings (SSSR count). The second kappa shape index (κ2) is 23.4. The number of nitrogens with two attached hydrogens (primary N) is 1. The van der Waals surface area contributed by atoms with Gasteiger partial charge in [-0.05, 0) is 47.7 Å². The fraction of sp³-hybridized carbons (Fsp3) is 0.588. The van der Waals surface area contributed by atoms with Gasteiger partial charge in [-0.25, -0.2) is 14.1 Å². The van der Waals surface area contributed by atoms with Gasteiger partial charge in [0.2, 0.25) is 12.7 Å². The monoisotopic (exact) mass is 861 g/mol. The van der Waals surface area contributed by atoms with E-state index in [4.69, 9.17) is 24.3 Å². The van der Waals surface area contributed by atoms with E-state index in [0.717, 1.165) is 32.1 Å². The minimum atomic E-state index is -5.40. The number of hydrogen-bond donors (Lipinski definition) is 6. The number of anilines is 2. The van der Waals surface area contributed by atoms with Crippen LogP contribution in [-0.4, -0.2) is 54.7 Å². The van der Waals surface area contributed by atoms with Gasteiger partial charge < -0.3 is 42.3 Å². The number of nitrogens with one attached hydrogen (secondary N) is 1. The van der Waals surface area contributed by atoms with Crippen LogP contribution in [0.4, 0.5) is 11.8 Å². The molecule has 2 aliphatic carbocycles. The number of ether oxygens (including phenoxy) is 2. The summed E-state index contributed by atoms with van der Waals surface area (Å²) >= 11 is 0. The second-order valence-corrected chi connectivity index (χ2v) is 17.6. The number of allylic oxidation sites excluding steroid dienone is 1. The summed E-state index contributed by atoms with van der Waals surface area (Å²) in [4.78, 5) is 45.4. The minimum Gasteiger partial charge on any atom is -0.427 e. The maximum Gasteiger partial charge on any atom is 0.710 e. The van der Waals surface area contributed by atoms with Crippen LogP contribution in [0.1, 0.15) is 102 Å². The van der Waals surface area contributed by atoms with Crippen molar-refractivity contribution >= 4 is 52.8 Å². The van der Waals surface area contributed by atoms with Crippen molar-refractivity contribution in [3.8, 4) is 5.75 Å². The van der Waals surface area contributed by atoms with Crippen LogP contribution in [0.2, 0.25) is 0 Å². The van der Waals surface area contributed by atoms with E-state index in [2.05, 4.69) is 35.8 Å². The van der Waals surface area contributed by atoms with Crippen molar-refractivity contribution in [1.82, 2.24) is 31.8 Å². The number of hydrogen-bond acceptors (Lipinski definition) is 17. The minimum absolute atomic E-state index is 0. The van der Waals surface area contributed by atoms with Gasteiger partial charge in [0, 0.05) is 29.0 Å². The second-order valence-electron chi connectivity index (χ2n) is 13.5. The predicted octanol–water partition coefficient (Wildman–Crippen LogP) is 8.35. The van der Waals surface area contributed by atoms with Crippen LogP contribution in [0, 0.1) is 5.92 Å². The maximum atomic E-state index is 12.6. The maximum absolute atomic E-state index is 12.6. The van der Waals surface area contributed by atoms with Crippen LogP contribution in [0.3, 0.4) is 0 Å². The standard InChI is InChI=1S/C34H49N6O12P3.2H3N/c1-2-3-4-5-6-7-8-9-10-14-30(41)50-28-19-15-25(16-20-28)21-47-24-48-53(42)51-55(45,46)52-54(43,44)49-22-26-12-11-13-29(26)40-23-36-31-32(37-27-17-18-27)38-34(35)39-33(31)40;;/h11-12,15-16,19-20,23,26-27,29H,2-10,13-14,17-18,21-22,24H2,1H3,(H4-,35,37,38,39,43,44,45,46);2*1H3/p+1/t26-,29?;;/m0../s1. The Morgan fingerprint density at radius 3 is 2.37 bits per heavy atom. The van der Waals surface area contributed by atoms with Gasteiger partial charge in [-0.2, -0.15) is 14.3 Å². The number of nitrogens with zero attached hydrogens (tertiary/aromatic N) is 4. The highest BCUT2D eigenvalue weighted by Gasteiger charge is 2.45. The zero-order chi connectivity index (χ0) is 39.3. The molecule has 5 atom stereocenters. The van der Waals surface area contributed by atoms with E-state index < -0.39 is 43.2 Å². The molecule has 2 aliphatic rings. The first kappa shape index (κ1) is 48.2. The number of benzene rings is 1. The van der Waals surface area contributed by atoms with E-state index in [9.17, 15) is 28.3 Å². The molecule has 1 aromatic carbocycles. The average molecular weight is 862 g/mol. The molecule has 1 saturated carbocycles. The van der Waals surface area contributed by atoms with E-state index in [1.807, 2.05) is 6.08 Å². The molecule has 2 aromatic heterocycles. The third-order valence-corrected chi connectivity index (χ3v) is 12.7. The number of aromatic nitrogens is 4. The van der Waals surface area contributed by atoms with Crippen LogP contribution >= 0.6 is 23.9 Å². The molecule has 23 heteroatoms. The number of imidazole rings is 1. The lowest BCUT2D eigenvalue weighted by molar-refractivity contribution is -0.134. The number of unbranched alkanes of at least 4 members (excludes halogenated alkanes) is 8. The van der Waals surface area contributed by atoms with Gasteiger partial charge in [-0.1, -0.05) is 87.1 Å². The fourth-order valence-corrected chi connectivity index (χ4v) is 9.00. The number of phosphoric ester groups is 1. The van der Waals surface area contributed by atoms with Crippen molar-refractivity contribution in [3.63, 3.8) is 0 Å². The molecule has 20 nitrogen and oxygen atoms in total. The molecule has 0 radical (unpaired) electrons. The highest BCUT2D eigenvalue weighted by molar-refractivity contribution is 7.64. The number of nitrogen functional groups attached to an aromatic ring is 1. The third kappa shape index (κ3) is 16.2. The van der Waals surface area contributed by atoms with E-state index >= 15 is 0 Å². The van der Waals surface area contributed by atoms with E-state index in [1.54, 1.807) is 41.2 Å². The van der Waals surface area contributed by atoms with Crippen molar-refractivity contribution in [2.75, 3.05) is 24.5 Å². The molecule has 0 spiro atoms. The summed E-state index contributed by atoms with van der Waals surface area (Å²) in [6.45, 7) is 1.18. The highest BCUT2D eigenvalue weighted by atomic mass is 31.3. The molecule has 0 aliphatic heterocycles. The fourth-order valence-electron chi connectivity index (χ4n) is 5.99. The Bertz CT molecular complexity index is 1860. The summed E-state index contributed by atoms with van der Waals surface area (Å²) < 4.78 is 68.1. The molecule has 0 saturated heterocycles. The summed E-state index contributed by atoms with van der Waals surface area (Å²) in [5.74, 6) is 0.183. The van der Waals surface area contributed by atoms with Gasteiger partial charge in [-0.3, -0.25) is 14.2 Å². The number of esters is 1. The molecule has 11 N–H and O–H groups in total. The first-order valence-corrected chi connectivity index (χ1v) is 22.6. The Hall–Kier alpha value is -3.22. The lowest BCUT2D eigenvalue weighted by Gasteiger charge is -2.22. The van der Waals surface area contributed by atoms with Crippen molar-refractivity contribution < 1.29 is 55.4 Å². The molecule has 318 valence electrons. The Labute approximate surface area is 333 Å². The molecule has 57 heavy (non-hydrogen) atoms. The Morgan fingerprint density at radius 1 is 1.00 bits per heavy atom. The predicted molar refractivity (Wildman–Crippen MR) is 213 cm³/mol. The summed E-state index contributed by atoms with van der Waals surface area (Å²) in [6, 6.07) is 6.52. The molecule has 3 aromatic rings. The zero-order valence-electron chi connectivity index (χ0n) is 32.2. The van der Waals surface area contributed by atoms with Crippen molar-refractivity contribution in [3.05, 3.63) is 48.3 Å². The lowest BCUT2D eigenvalue weighted by Crippen LogP contribution is -2.19. The molecule has 1 fully saturated rings. The van der Waals surface area contributed by atoms with Crippen LogP contribution in [0.15, 0.2) is 42.7 Å². The molecule has 0 amide bonds.